The molecule has 1 aliphatic rings. The molecular formula is C30H30Cl2N4O7. The number of carbonyl (C=O) groups is 4. The van der Waals surface area contributed by atoms with Crippen molar-refractivity contribution in [1.82, 2.24) is 5.32 Å². The van der Waals surface area contributed by atoms with E-state index in [0.29, 0.717) is 15.8 Å². The van der Waals surface area contributed by atoms with Crippen LogP contribution < -0.4 is 25.6 Å². The van der Waals surface area contributed by atoms with E-state index in [1.807, 2.05) is 31.1 Å². The fourth-order valence-corrected chi connectivity index (χ4v) is 4.49. The number of hydrogen-bond acceptors (Lipinski definition) is 8. The van der Waals surface area contributed by atoms with Gasteiger partial charge in [0.05, 0.1) is 40.7 Å². The van der Waals surface area contributed by atoms with Crippen LogP contribution >= 0.6 is 23.2 Å². The van der Waals surface area contributed by atoms with E-state index >= 15 is 0 Å². The fourth-order valence-electron chi connectivity index (χ4n) is 4.17. The number of fused-ring (bicyclic) bond motifs is 1. The van der Waals surface area contributed by atoms with Gasteiger partial charge in [0.2, 0.25) is 11.8 Å². The number of halogens is 2. The van der Waals surface area contributed by atoms with Crippen molar-refractivity contribution in [2.45, 2.75) is 25.5 Å². The van der Waals surface area contributed by atoms with E-state index in [9.17, 15) is 19.2 Å². The van der Waals surface area contributed by atoms with Crippen LogP contribution in [-0.2, 0) is 30.5 Å². The van der Waals surface area contributed by atoms with Crippen LogP contribution in [-0.4, -0.2) is 57.5 Å². The number of anilines is 3. The second kappa shape index (κ2) is 14.2. The number of methoxy groups -OCH3 is 1. The summed E-state index contributed by atoms with van der Waals surface area (Å²) in [6.07, 6.45) is -0.0238. The summed E-state index contributed by atoms with van der Waals surface area (Å²) < 4.78 is 16.3. The average Bonchev–Trinajstić information content (AvgIpc) is 3.08. The van der Waals surface area contributed by atoms with Crippen molar-refractivity contribution in [2.75, 3.05) is 43.3 Å². The predicted molar refractivity (Wildman–Crippen MR) is 163 cm³/mol. The molecule has 0 radical (unpaired) electrons. The number of hydrogen-bond donors (Lipinski definition) is 3. The van der Waals surface area contributed by atoms with Crippen LogP contribution in [0.15, 0.2) is 54.6 Å². The molecule has 3 N–H and O–H groups in total. The molecule has 0 bridgehead atoms. The lowest BCUT2D eigenvalue weighted by molar-refractivity contribution is -0.140. The minimum Gasteiger partial charge on any atom is -0.469 e. The summed E-state index contributed by atoms with van der Waals surface area (Å²) in [4.78, 5) is 52.5. The second-order valence-corrected chi connectivity index (χ2v) is 10.6. The van der Waals surface area contributed by atoms with Crippen LogP contribution in [0.25, 0.3) is 0 Å². The highest BCUT2D eigenvalue weighted by atomic mass is 35.5. The van der Waals surface area contributed by atoms with E-state index in [-0.39, 0.29) is 48.7 Å². The summed E-state index contributed by atoms with van der Waals surface area (Å²) >= 11 is 12.0. The minimum absolute atomic E-state index is 0.0404. The zero-order chi connectivity index (χ0) is 31.1. The van der Waals surface area contributed by atoms with Crippen LogP contribution in [0, 0.1) is 0 Å². The van der Waals surface area contributed by atoms with Gasteiger partial charge in [0.15, 0.2) is 5.75 Å². The lowest BCUT2D eigenvalue weighted by Gasteiger charge is -2.18. The van der Waals surface area contributed by atoms with Gasteiger partial charge in [-0.05, 0) is 48.4 Å². The Hall–Kier alpha value is -4.32. The van der Waals surface area contributed by atoms with Gasteiger partial charge in [0, 0.05) is 32.3 Å². The Labute approximate surface area is 258 Å². The summed E-state index contributed by atoms with van der Waals surface area (Å²) in [5.41, 5.74) is 2.06. The van der Waals surface area contributed by atoms with Gasteiger partial charge in [-0.2, -0.15) is 0 Å². The third-order valence-electron chi connectivity index (χ3n) is 6.43. The summed E-state index contributed by atoms with van der Waals surface area (Å²) in [6.45, 7) is -0.201. The molecule has 0 aliphatic carbocycles. The molecule has 0 aromatic heterocycles. The van der Waals surface area contributed by atoms with Crippen molar-refractivity contribution in [3.8, 4) is 11.5 Å². The number of esters is 1. The SMILES string of the molecule is COC(=O)CC[C@H]1NC(=O)c2cc(Oc3cccc(N(C)C)c3)c(NC(=O)COCc3ccc(Cl)c(Cl)c3)cc2NC1=O. The topological polar surface area (TPSA) is 135 Å². The summed E-state index contributed by atoms with van der Waals surface area (Å²) in [5.74, 6) is -1.49. The van der Waals surface area contributed by atoms with E-state index in [4.69, 9.17) is 32.7 Å². The first kappa shape index (κ1) is 31.6. The standard InChI is InChI=1S/C30H30Cl2N4O7/c1-36(2)18-5-4-6-19(12-18)43-26-13-20-24(35-30(40)23(34-29(20)39)9-10-28(38)41-3)14-25(26)33-27(37)16-42-15-17-7-8-21(31)22(32)11-17/h4-8,11-14,23H,9-10,15-16H2,1-3H3,(H,33,37)(H,34,39)(H,35,40)/t23-/m1/s1. The predicted octanol–water partition coefficient (Wildman–Crippen LogP) is 5.01. The molecule has 0 fully saturated rings. The molecule has 0 spiro atoms. The van der Waals surface area contributed by atoms with Crippen molar-refractivity contribution in [3.05, 3.63) is 75.8 Å². The van der Waals surface area contributed by atoms with Crippen molar-refractivity contribution in [3.63, 3.8) is 0 Å². The highest BCUT2D eigenvalue weighted by Crippen LogP contribution is 2.37. The Morgan fingerprint density at radius 2 is 1.81 bits per heavy atom. The van der Waals surface area contributed by atoms with Gasteiger partial charge < -0.3 is 35.1 Å². The molecule has 4 rings (SSSR count). The van der Waals surface area contributed by atoms with Crippen LogP contribution in [0.2, 0.25) is 10.0 Å². The Bertz CT molecular complexity index is 1550. The van der Waals surface area contributed by atoms with Gasteiger partial charge in [-0.3, -0.25) is 19.2 Å². The highest BCUT2D eigenvalue weighted by molar-refractivity contribution is 6.42. The Balaban J connectivity index is 1.58. The molecule has 11 nitrogen and oxygen atoms in total. The smallest absolute Gasteiger partial charge is 0.305 e. The van der Waals surface area contributed by atoms with Crippen LogP contribution in [0.5, 0.6) is 11.5 Å². The molecular weight excluding hydrogens is 599 g/mol. The lowest BCUT2D eigenvalue weighted by Crippen LogP contribution is -2.41. The van der Waals surface area contributed by atoms with E-state index in [0.717, 1.165) is 11.3 Å². The molecule has 1 heterocycles. The number of carbonyl (C=O) groups excluding carboxylic acids is 4. The fraction of sp³-hybridized carbons (Fsp3) is 0.267. The first-order chi connectivity index (χ1) is 20.5. The molecule has 1 atom stereocenters. The number of benzene rings is 3. The molecule has 0 unspecified atom stereocenters. The molecule has 0 saturated heterocycles. The monoisotopic (exact) mass is 628 g/mol. The second-order valence-electron chi connectivity index (χ2n) is 9.81. The zero-order valence-corrected chi connectivity index (χ0v) is 25.2. The zero-order valence-electron chi connectivity index (χ0n) is 23.7. The largest absolute Gasteiger partial charge is 0.469 e. The highest BCUT2D eigenvalue weighted by Gasteiger charge is 2.30. The van der Waals surface area contributed by atoms with Gasteiger partial charge in [-0.1, -0.05) is 35.3 Å². The van der Waals surface area contributed by atoms with E-state index in [1.165, 1.54) is 19.2 Å². The number of nitrogens with zero attached hydrogens (tertiary/aromatic N) is 1. The number of rotatable bonds is 11. The van der Waals surface area contributed by atoms with E-state index < -0.39 is 29.7 Å². The summed E-state index contributed by atoms with van der Waals surface area (Å²) in [5, 5.41) is 8.87. The molecule has 13 heteroatoms. The van der Waals surface area contributed by atoms with Gasteiger partial charge in [-0.25, -0.2) is 0 Å². The lowest BCUT2D eigenvalue weighted by atomic mass is 10.1. The first-order valence-corrected chi connectivity index (χ1v) is 13.9. The normalized spacial score (nSPS) is 14.1. The van der Waals surface area contributed by atoms with Crippen LogP contribution in [0.1, 0.15) is 28.8 Å². The molecule has 0 saturated carbocycles. The first-order valence-electron chi connectivity index (χ1n) is 13.2. The molecule has 43 heavy (non-hydrogen) atoms. The quantitative estimate of drug-likeness (QED) is 0.252. The Morgan fingerprint density at radius 3 is 2.53 bits per heavy atom. The van der Waals surface area contributed by atoms with E-state index in [1.54, 1.807) is 30.3 Å². The molecule has 3 aromatic carbocycles. The number of nitrogens with one attached hydrogen (secondary N) is 3. The maximum atomic E-state index is 13.2. The Kier molecular flexibility index (Phi) is 10.5. The van der Waals surface area contributed by atoms with Crippen LogP contribution in [0.4, 0.5) is 17.1 Å². The van der Waals surface area contributed by atoms with Gasteiger partial charge in [-0.15, -0.1) is 0 Å². The van der Waals surface area contributed by atoms with Crippen molar-refractivity contribution < 1.29 is 33.4 Å². The Morgan fingerprint density at radius 1 is 1.02 bits per heavy atom. The summed E-state index contributed by atoms with van der Waals surface area (Å²) in [6, 6.07) is 14.1. The van der Waals surface area contributed by atoms with Gasteiger partial charge in [0.25, 0.3) is 5.91 Å². The molecule has 3 aromatic rings. The minimum atomic E-state index is -0.979. The van der Waals surface area contributed by atoms with Gasteiger partial charge >= 0.3 is 5.97 Å². The molecule has 3 amide bonds. The number of amides is 3. The van der Waals surface area contributed by atoms with Gasteiger partial charge in [0.1, 0.15) is 18.4 Å². The summed E-state index contributed by atoms with van der Waals surface area (Å²) in [7, 11) is 5.01. The maximum absolute atomic E-state index is 13.2. The third-order valence-corrected chi connectivity index (χ3v) is 7.17. The van der Waals surface area contributed by atoms with Crippen molar-refractivity contribution in [1.29, 1.82) is 0 Å². The third kappa shape index (κ3) is 8.38. The molecule has 226 valence electrons. The average molecular weight is 629 g/mol. The van der Waals surface area contributed by atoms with E-state index in [2.05, 4.69) is 20.7 Å². The maximum Gasteiger partial charge on any atom is 0.305 e. The van der Waals surface area contributed by atoms with Crippen molar-refractivity contribution >= 4 is 64.0 Å². The van der Waals surface area contributed by atoms with Crippen molar-refractivity contribution in [2.24, 2.45) is 0 Å². The molecule has 1 aliphatic heterocycles. The number of ether oxygens (including phenoxy) is 3. The van der Waals surface area contributed by atoms with Crippen LogP contribution in [0.3, 0.4) is 0 Å².